The molecule has 0 bridgehead atoms. The molecule has 0 atom stereocenters. The minimum absolute atomic E-state index is 0.656. The molecule has 0 amide bonds. The molecule has 5 heteroatoms. The highest BCUT2D eigenvalue weighted by atomic mass is 32.1. The van der Waals surface area contributed by atoms with E-state index < -0.39 is 0 Å². The third-order valence-electron chi connectivity index (χ3n) is 3.77. The molecule has 0 spiro atoms. The van der Waals surface area contributed by atoms with E-state index in [-0.39, 0.29) is 0 Å². The van der Waals surface area contributed by atoms with Crippen molar-refractivity contribution in [3.8, 4) is 0 Å². The fourth-order valence-corrected chi connectivity index (χ4v) is 2.84. The number of nitrogens with one attached hydrogen (secondary N) is 2. The molecule has 1 aromatic heterocycles. The second-order valence-electron chi connectivity index (χ2n) is 5.65. The molecule has 116 valence electrons. The molecule has 0 unspecified atom stereocenters. The first-order valence-corrected chi connectivity index (χ1v) is 8.36. The number of pyridine rings is 1. The lowest BCUT2D eigenvalue weighted by molar-refractivity contribution is 0.282. The van der Waals surface area contributed by atoms with E-state index in [9.17, 15) is 0 Å². The van der Waals surface area contributed by atoms with Gasteiger partial charge in [-0.15, -0.1) is 0 Å². The molecule has 1 aromatic rings. The van der Waals surface area contributed by atoms with E-state index in [1.807, 2.05) is 25.1 Å². The maximum absolute atomic E-state index is 5.29. The predicted molar refractivity (Wildman–Crippen MR) is 92.7 cm³/mol. The highest BCUT2D eigenvalue weighted by molar-refractivity contribution is 7.80. The summed E-state index contributed by atoms with van der Waals surface area (Å²) in [5.41, 5.74) is 0.990. The van der Waals surface area contributed by atoms with E-state index in [4.69, 9.17) is 12.2 Å². The van der Waals surface area contributed by atoms with Crippen LogP contribution in [0.25, 0.3) is 0 Å². The number of rotatable bonds is 5. The fourth-order valence-electron chi connectivity index (χ4n) is 2.64. The van der Waals surface area contributed by atoms with Gasteiger partial charge in [-0.05, 0) is 70.2 Å². The number of thiocarbonyl (C=S) groups is 1. The summed E-state index contributed by atoms with van der Waals surface area (Å²) in [4.78, 5) is 6.96. The van der Waals surface area contributed by atoms with Crippen LogP contribution in [0.5, 0.6) is 0 Å². The van der Waals surface area contributed by atoms with Gasteiger partial charge in [0.05, 0.1) is 0 Å². The van der Waals surface area contributed by atoms with Crippen LogP contribution in [-0.2, 0) is 0 Å². The first-order valence-electron chi connectivity index (χ1n) is 7.95. The summed E-state index contributed by atoms with van der Waals surface area (Å²) in [6.07, 6.45) is 6.63. The van der Waals surface area contributed by atoms with Crippen LogP contribution < -0.4 is 10.6 Å². The van der Waals surface area contributed by atoms with Crippen LogP contribution in [0.15, 0.2) is 18.2 Å². The second-order valence-corrected chi connectivity index (χ2v) is 6.06. The first-order chi connectivity index (χ1) is 10.2. The van der Waals surface area contributed by atoms with Crippen molar-refractivity contribution in [3.63, 3.8) is 0 Å². The molecular weight excluding hydrogens is 280 g/mol. The molecule has 0 radical (unpaired) electrons. The van der Waals surface area contributed by atoms with Crippen LogP contribution in [-0.4, -0.2) is 41.2 Å². The lowest BCUT2D eigenvalue weighted by atomic mass is 10.2. The molecule has 0 saturated carbocycles. The molecule has 1 fully saturated rings. The molecule has 4 nitrogen and oxygen atoms in total. The SMILES string of the molecule is Cc1cccc(NC(=S)NCCCN2CCCCCC2)n1. The molecule has 0 aliphatic carbocycles. The van der Waals surface area contributed by atoms with E-state index in [2.05, 4.69) is 20.5 Å². The Morgan fingerprint density at radius 1 is 1.24 bits per heavy atom. The van der Waals surface area contributed by atoms with E-state index in [0.717, 1.165) is 31.0 Å². The largest absolute Gasteiger partial charge is 0.362 e. The molecule has 21 heavy (non-hydrogen) atoms. The smallest absolute Gasteiger partial charge is 0.171 e. The zero-order chi connectivity index (χ0) is 14.9. The van der Waals surface area contributed by atoms with E-state index >= 15 is 0 Å². The Balaban J connectivity index is 1.60. The Morgan fingerprint density at radius 3 is 2.71 bits per heavy atom. The van der Waals surface area contributed by atoms with Gasteiger partial charge in [-0.25, -0.2) is 4.98 Å². The summed E-state index contributed by atoms with van der Waals surface area (Å²) >= 11 is 5.29. The van der Waals surface area contributed by atoms with Gasteiger partial charge in [0, 0.05) is 12.2 Å². The van der Waals surface area contributed by atoms with Gasteiger partial charge in [0.2, 0.25) is 0 Å². The molecule has 2 rings (SSSR count). The summed E-state index contributed by atoms with van der Waals surface area (Å²) in [5.74, 6) is 0.806. The molecule has 0 aromatic carbocycles. The number of nitrogens with zero attached hydrogens (tertiary/aromatic N) is 2. The van der Waals surface area contributed by atoms with Crippen molar-refractivity contribution < 1.29 is 0 Å². The zero-order valence-corrected chi connectivity index (χ0v) is 13.7. The molecule has 2 heterocycles. The predicted octanol–water partition coefficient (Wildman–Crippen LogP) is 2.94. The molecule has 1 aliphatic rings. The molecular formula is C16H26N4S. The third kappa shape index (κ3) is 6.40. The number of likely N-dealkylation sites (tertiary alicyclic amines) is 1. The van der Waals surface area contributed by atoms with Crippen molar-refractivity contribution in [2.24, 2.45) is 0 Å². The molecule has 2 N–H and O–H groups in total. The maximum Gasteiger partial charge on any atom is 0.171 e. The second kappa shape index (κ2) is 8.95. The fraction of sp³-hybridized carbons (Fsp3) is 0.625. The number of hydrogen-bond acceptors (Lipinski definition) is 3. The average Bonchev–Trinajstić information content (AvgIpc) is 2.72. The van der Waals surface area contributed by atoms with Crippen LogP contribution in [0.2, 0.25) is 0 Å². The van der Waals surface area contributed by atoms with Gasteiger partial charge in [-0.1, -0.05) is 18.9 Å². The Labute approximate surface area is 133 Å². The lowest BCUT2D eigenvalue weighted by Gasteiger charge is -2.19. The van der Waals surface area contributed by atoms with Crippen molar-refractivity contribution in [3.05, 3.63) is 23.9 Å². The Hall–Kier alpha value is -1.20. The number of aryl methyl sites for hydroxylation is 1. The zero-order valence-electron chi connectivity index (χ0n) is 12.9. The Bertz CT molecular complexity index is 442. The van der Waals surface area contributed by atoms with E-state index in [1.165, 1.54) is 38.8 Å². The lowest BCUT2D eigenvalue weighted by Crippen LogP contribution is -2.33. The van der Waals surface area contributed by atoms with Gasteiger partial charge in [0.1, 0.15) is 5.82 Å². The van der Waals surface area contributed by atoms with Crippen LogP contribution in [0.4, 0.5) is 5.82 Å². The number of hydrogen-bond donors (Lipinski definition) is 2. The van der Waals surface area contributed by atoms with Crippen molar-refractivity contribution >= 4 is 23.1 Å². The molecule has 1 saturated heterocycles. The van der Waals surface area contributed by atoms with Crippen molar-refractivity contribution in [2.45, 2.75) is 39.0 Å². The van der Waals surface area contributed by atoms with Gasteiger partial charge in [0.15, 0.2) is 5.11 Å². The maximum atomic E-state index is 5.29. The topological polar surface area (TPSA) is 40.2 Å². The van der Waals surface area contributed by atoms with Gasteiger partial charge in [-0.3, -0.25) is 0 Å². The number of anilines is 1. The Morgan fingerprint density at radius 2 is 2.00 bits per heavy atom. The minimum Gasteiger partial charge on any atom is -0.362 e. The summed E-state index contributed by atoms with van der Waals surface area (Å²) in [6, 6.07) is 5.88. The Kier molecular flexibility index (Phi) is 6.89. The standard InChI is InChI=1S/C16H26N4S/c1-14-8-6-9-15(18-14)19-16(21)17-10-7-13-20-11-4-2-3-5-12-20/h6,8-9H,2-5,7,10-13H2,1H3,(H2,17,18,19,21). The van der Waals surface area contributed by atoms with Gasteiger partial charge in [0.25, 0.3) is 0 Å². The monoisotopic (exact) mass is 306 g/mol. The average molecular weight is 306 g/mol. The summed E-state index contributed by atoms with van der Waals surface area (Å²) in [7, 11) is 0. The van der Waals surface area contributed by atoms with Crippen LogP contribution in [0, 0.1) is 6.92 Å². The van der Waals surface area contributed by atoms with Crippen LogP contribution in [0.1, 0.15) is 37.8 Å². The van der Waals surface area contributed by atoms with Crippen molar-refractivity contribution in [1.29, 1.82) is 0 Å². The number of aromatic nitrogens is 1. The van der Waals surface area contributed by atoms with Gasteiger partial charge in [-0.2, -0.15) is 0 Å². The van der Waals surface area contributed by atoms with Gasteiger partial charge < -0.3 is 15.5 Å². The third-order valence-corrected chi connectivity index (χ3v) is 4.01. The van der Waals surface area contributed by atoms with Crippen LogP contribution in [0.3, 0.4) is 0 Å². The highest BCUT2D eigenvalue weighted by Crippen LogP contribution is 2.09. The van der Waals surface area contributed by atoms with E-state index in [0.29, 0.717) is 5.11 Å². The van der Waals surface area contributed by atoms with Gasteiger partial charge >= 0.3 is 0 Å². The molecule has 1 aliphatic heterocycles. The quantitative estimate of drug-likeness (QED) is 0.646. The first kappa shape index (κ1) is 16.2. The highest BCUT2D eigenvalue weighted by Gasteiger charge is 2.08. The minimum atomic E-state index is 0.656. The summed E-state index contributed by atoms with van der Waals surface area (Å²) in [5, 5.41) is 7.04. The van der Waals surface area contributed by atoms with Crippen LogP contribution >= 0.6 is 12.2 Å². The van der Waals surface area contributed by atoms with Crippen molar-refractivity contribution in [2.75, 3.05) is 31.5 Å². The summed E-state index contributed by atoms with van der Waals surface area (Å²) in [6.45, 7) is 6.57. The summed E-state index contributed by atoms with van der Waals surface area (Å²) < 4.78 is 0. The normalized spacial score (nSPS) is 16.2. The van der Waals surface area contributed by atoms with Crippen molar-refractivity contribution in [1.82, 2.24) is 15.2 Å². The van der Waals surface area contributed by atoms with E-state index in [1.54, 1.807) is 0 Å².